The minimum Gasteiger partial charge on any atom is -0.494 e. The Morgan fingerprint density at radius 3 is 2.44 bits per heavy atom. The highest BCUT2D eigenvalue weighted by molar-refractivity contribution is 6.03. The lowest BCUT2D eigenvalue weighted by Gasteiger charge is -2.40. The molecular formula is C28H37N3O5. The van der Waals surface area contributed by atoms with Crippen molar-refractivity contribution in [2.75, 3.05) is 11.9 Å². The fraction of sp³-hybridized carbons (Fsp3) is 0.607. The second-order valence-corrected chi connectivity index (χ2v) is 11.4. The molecule has 5 rings (SSSR count). The molecule has 2 saturated heterocycles. The number of ether oxygens (including phenoxy) is 2. The molecule has 5 atom stereocenters. The minimum absolute atomic E-state index is 0.111. The standard InChI is InChI=1S/C28H37N3O5/c1-5-35-19-13-11-18(12-14-19)29-24(32)21-20-15-16-28(36-20)22(21)26(34)31(27(2,3)4)23(28)25(33)30-17-9-7-6-8-10-17/h11-17,20-23H,5-10H2,1-4H3,(H,29,32)(H,30,33). The molecule has 0 radical (unpaired) electrons. The van der Waals surface area contributed by atoms with E-state index in [9.17, 15) is 14.4 Å². The zero-order chi connectivity index (χ0) is 25.7. The molecule has 1 aromatic rings. The Bertz CT molecular complexity index is 1060. The normalized spacial score (nSPS) is 31.4. The van der Waals surface area contributed by atoms with E-state index in [1.807, 2.05) is 39.8 Å². The number of hydrogen-bond acceptors (Lipinski definition) is 5. The predicted molar refractivity (Wildman–Crippen MR) is 135 cm³/mol. The lowest BCUT2D eigenvalue weighted by molar-refractivity contribution is -0.146. The number of carbonyl (C=O) groups excluding carboxylic acids is 3. The van der Waals surface area contributed by atoms with Crippen LogP contribution in [0.5, 0.6) is 5.75 Å². The van der Waals surface area contributed by atoms with Gasteiger partial charge in [0.25, 0.3) is 0 Å². The number of benzene rings is 1. The number of nitrogens with one attached hydrogen (secondary N) is 2. The molecule has 4 aliphatic rings. The first-order chi connectivity index (χ1) is 17.2. The van der Waals surface area contributed by atoms with Crippen molar-refractivity contribution in [2.45, 2.75) is 89.1 Å². The van der Waals surface area contributed by atoms with Crippen LogP contribution in [0.15, 0.2) is 36.4 Å². The first kappa shape index (κ1) is 24.8. The quantitative estimate of drug-likeness (QED) is 0.590. The van der Waals surface area contributed by atoms with E-state index in [4.69, 9.17) is 9.47 Å². The van der Waals surface area contributed by atoms with Crippen molar-refractivity contribution in [1.82, 2.24) is 10.2 Å². The maximum absolute atomic E-state index is 13.9. The third-order valence-electron chi connectivity index (χ3n) is 7.93. The van der Waals surface area contributed by atoms with Crippen molar-refractivity contribution < 1.29 is 23.9 Å². The number of likely N-dealkylation sites (tertiary alicyclic amines) is 1. The molecule has 194 valence electrons. The van der Waals surface area contributed by atoms with Crippen molar-refractivity contribution in [2.24, 2.45) is 11.8 Å². The van der Waals surface area contributed by atoms with E-state index in [0.29, 0.717) is 12.3 Å². The Balaban J connectivity index is 1.42. The zero-order valence-corrected chi connectivity index (χ0v) is 21.6. The summed E-state index contributed by atoms with van der Waals surface area (Å²) in [5.41, 5.74) is -1.14. The van der Waals surface area contributed by atoms with Crippen LogP contribution in [0.1, 0.15) is 59.8 Å². The van der Waals surface area contributed by atoms with E-state index >= 15 is 0 Å². The number of nitrogens with zero attached hydrogens (tertiary/aromatic N) is 1. The SMILES string of the molecule is CCOc1ccc(NC(=O)C2C3C=CC4(O3)C2C(=O)N(C(C)(C)C)C4C(=O)NC2CCCCC2)cc1. The second kappa shape index (κ2) is 9.21. The number of anilines is 1. The lowest BCUT2D eigenvalue weighted by Crippen LogP contribution is -2.60. The highest BCUT2D eigenvalue weighted by Crippen LogP contribution is 2.56. The molecule has 1 saturated carbocycles. The molecule has 2 bridgehead atoms. The molecular weight excluding hydrogens is 458 g/mol. The van der Waals surface area contributed by atoms with Crippen LogP contribution in [0, 0.1) is 11.8 Å². The van der Waals surface area contributed by atoms with Gasteiger partial charge in [-0.3, -0.25) is 14.4 Å². The van der Waals surface area contributed by atoms with Gasteiger partial charge in [-0.2, -0.15) is 0 Å². The van der Waals surface area contributed by atoms with Gasteiger partial charge >= 0.3 is 0 Å². The number of hydrogen-bond donors (Lipinski definition) is 2. The van der Waals surface area contributed by atoms with Crippen molar-refractivity contribution >= 4 is 23.4 Å². The smallest absolute Gasteiger partial charge is 0.246 e. The van der Waals surface area contributed by atoms with Crippen molar-refractivity contribution in [3.63, 3.8) is 0 Å². The summed E-state index contributed by atoms with van der Waals surface area (Å²) in [7, 11) is 0. The van der Waals surface area contributed by atoms with Gasteiger partial charge in [-0.05, 0) is 64.8 Å². The molecule has 3 amide bonds. The van der Waals surface area contributed by atoms with Gasteiger partial charge in [-0.25, -0.2) is 0 Å². The van der Waals surface area contributed by atoms with Crippen LogP contribution in [0.25, 0.3) is 0 Å². The summed E-state index contributed by atoms with van der Waals surface area (Å²) in [5.74, 6) is -1.42. The van der Waals surface area contributed by atoms with E-state index in [-0.39, 0.29) is 23.8 Å². The molecule has 3 heterocycles. The summed E-state index contributed by atoms with van der Waals surface area (Å²) in [5, 5.41) is 6.17. The van der Waals surface area contributed by atoms with E-state index in [2.05, 4.69) is 10.6 Å². The first-order valence-corrected chi connectivity index (χ1v) is 13.2. The molecule has 1 spiro atoms. The summed E-state index contributed by atoms with van der Waals surface area (Å²) in [6.07, 6.45) is 8.43. The van der Waals surface area contributed by atoms with Crippen LogP contribution >= 0.6 is 0 Å². The van der Waals surface area contributed by atoms with Gasteiger partial charge in [0.2, 0.25) is 17.7 Å². The maximum Gasteiger partial charge on any atom is 0.246 e. The Kier molecular flexibility index (Phi) is 6.35. The van der Waals surface area contributed by atoms with Crippen LogP contribution in [-0.4, -0.2) is 58.6 Å². The van der Waals surface area contributed by atoms with Gasteiger partial charge in [0, 0.05) is 17.3 Å². The summed E-state index contributed by atoms with van der Waals surface area (Å²) in [6, 6.07) is 6.44. The van der Waals surface area contributed by atoms with Gasteiger partial charge < -0.3 is 25.0 Å². The van der Waals surface area contributed by atoms with E-state index in [1.54, 1.807) is 29.2 Å². The summed E-state index contributed by atoms with van der Waals surface area (Å²) in [4.78, 5) is 42.9. The monoisotopic (exact) mass is 495 g/mol. The average Bonchev–Trinajstić information content (AvgIpc) is 3.48. The Morgan fingerprint density at radius 2 is 1.81 bits per heavy atom. The van der Waals surface area contributed by atoms with Crippen molar-refractivity contribution in [3.8, 4) is 5.75 Å². The van der Waals surface area contributed by atoms with Crippen LogP contribution in [0.2, 0.25) is 0 Å². The fourth-order valence-corrected chi connectivity index (χ4v) is 6.45. The van der Waals surface area contributed by atoms with Gasteiger partial charge in [0.15, 0.2) is 0 Å². The highest BCUT2D eigenvalue weighted by atomic mass is 16.5. The molecule has 1 aromatic carbocycles. The van der Waals surface area contributed by atoms with Gasteiger partial charge in [-0.15, -0.1) is 0 Å². The average molecular weight is 496 g/mol. The minimum atomic E-state index is -1.14. The fourth-order valence-electron chi connectivity index (χ4n) is 6.45. The van der Waals surface area contributed by atoms with E-state index < -0.39 is 35.1 Å². The molecule has 3 aliphatic heterocycles. The Labute approximate surface area is 212 Å². The van der Waals surface area contributed by atoms with Crippen molar-refractivity contribution in [1.29, 1.82) is 0 Å². The number of carbonyl (C=O) groups is 3. The second-order valence-electron chi connectivity index (χ2n) is 11.4. The van der Waals surface area contributed by atoms with Crippen LogP contribution < -0.4 is 15.4 Å². The molecule has 3 fully saturated rings. The lowest BCUT2D eigenvalue weighted by atomic mass is 9.74. The summed E-state index contributed by atoms with van der Waals surface area (Å²) in [6.45, 7) is 8.25. The van der Waals surface area contributed by atoms with Crippen molar-refractivity contribution in [3.05, 3.63) is 36.4 Å². The zero-order valence-electron chi connectivity index (χ0n) is 21.6. The molecule has 8 nitrogen and oxygen atoms in total. The van der Waals surface area contributed by atoms with E-state index in [1.165, 1.54) is 6.42 Å². The van der Waals surface area contributed by atoms with Gasteiger partial charge in [0.1, 0.15) is 17.4 Å². The first-order valence-electron chi connectivity index (χ1n) is 13.2. The Morgan fingerprint density at radius 1 is 1.11 bits per heavy atom. The number of amides is 3. The third kappa shape index (κ3) is 4.09. The predicted octanol–water partition coefficient (Wildman–Crippen LogP) is 3.42. The van der Waals surface area contributed by atoms with Crippen LogP contribution in [0.4, 0.5) is 5.69 Å². The molecule has 36 heavy (non-hydrogen) atoms. The topological polar surface area (TPSA) is 97.0 Å². The molecule has 8 heteroatoms. The number of rotatable bonds is 6. The van der Waals surface area contributed by atoms with Crippen LogP contribution in [0.3, 0.4) is 0 Å². The molecule has 5 unspecified atom stereocenters. The highest BCUT2D eigenvalue weighted by Gasteiger charge is 2.73. The van der Waals surface area contributed by atoms with Gasteiger partial charge in [-0.1, -0.05) is 31.4 Å². The summed E-state index contributed by atoms with van der Waals surface area (Å²) >= 11 is 0. The maximum atomic E-state index is 13.9. The molecule has 1 aliphatic carbocycles. The third-order valence-corrected chi connectivity index (χ3v) is 7.93. The van der Waals surface area contributed by atoms with E-state index in [0.717, 1.165) is 31.4 Å². The Hall–Kier alpha value is -2.87. The molecule has 2 N–H and O–H groups in total. The summed E-state index contributed by atoms with van der Waals surface area (Å²) < 4.78 is 11.9. The van der Waals surface area contributed by atoms with Crippen LogP contribution in [-0.2, 0) is 19.1 Å². The van der Waals surface area contributed by atoms with Gasteiger partial charge in [0.05, 0.1) is 24.5 Å². The largest absolute Gasteiger partial charge is 0.494 e. The number of fused-ring (bicyclic) bond motifs is 1. The molecule has 0 aromatic heterocycles.